The fourth-order valence-corrected chi connectivity index (χ4v) is 5.13. The van der Waals surface area contributed by atoms with Crippen molar-refractivity contribution < 1.29 is 22.7 Å². The van der Waals surface area contributed by atoms with Gasteiger partial charge in [0.1, 0.15) is 18.0 Å². The lowest BCUT2D eigenvalue weighted by Crippen LogP contribution is -2.41. The highest BCUT2D eigenvalue weighted by atomic mass is 35.5. The van der Waals surface area contributed by atoms with Gasteiger partial charge in [0.2, 0.25) is 5.91 Å². The zero-order valence-corrected chi connectivity index (χ0v) is 21.3. The highest BCUT2D eigenvalue weighted by Crippen LogP contribution is 2.32. The molecule has 0 aliphatic heterocycles. The number of sulfonamides is 1. The van der Waals surface area contributed by atoms with Gasteiger partial charge in [-0.1, -0.05) is 41.9 Å². The van der Waals surface area contributed by atoms with Gasteiger partial charge in [-0.25, -0.2) is 8.42 Å². The molecule has 0 spiro atoms. The summed E-state index contributed by atoms with van der Waals surface area (Å²) < 4.78 is 39.2. The minimum atomic E-state index is -4.07. The molecule has 0 saturated heterocycles. The third-order valence-corrected chi connectivity index (χ3v) is 7.29. The number of halogens is 1. The second-order valence-corrected chi connectivity index (χ2v) is 9.93. The van der Waals surface area contributed by atoms with E-state index in [2.05, 4.69) is 5.32 Å². The fraction of sp³-hybridized carbons (Fsp3) is 0.269. The van der Waals surface area contributed by atoms with Crippen LogP contribution in [0.2, 0.25) is 5.02 Å². The van der Waals surface area contributed by atoms with Gasteiger partial charge in [0.05, 0.1) is 24.3 Å². The van der Waals surface area contributed by atoms with Gasteiger partial charge in [-0.05, 0) is 67.8 Å². The maximum absolute atomic E-state index is 13.6. The first kappa shape index (κ1) is 26.4. The topological polar surface area (TPSA) is 84.9 Å². The number of methoxy groups -OCH3 is 1. The third kappa shape index (κ3) is 6.90. The Bertz CT molecular complexity index is 1230. The number of anilines is 1. The first-order valence-corrected chi connectivity index (χ1v) is 13.1. The van der Waals surface area contributed by atoms with Gasteiger partial charge in [0.25, 0.3) is 10.0 Å². The Hall–Kier alpha value is -3.23. The molecule has 1 N–H and O–H groups in total. The summed E-state index contributed by atoms with van der Waals surface area (Å²) in [5.74, 6) is 0.747. The SMILES string of the molecule is CCOc1ccccc1N(CC(=O)NCCCc1ccccc1OC)S(=O)(=O)c1ccc(Cl)cc1. The predicted molar refractivity (Wildman–Crippen MR) is 138 cm³/mol. The van der Waals surface area contributed by atoms with Crippen LogP contribution in [0.15, 0.2) is 77.7 Å². The first-order valence-electron chi connectivity index (χ1n) is 11.3. The number of ether oxygens (including phenoxy) is 2. The van der Waals surface area contributed by atoms with E-state index in [0.717, 1.165) is 15.6 Å². The molecule has 0 aliphatic carbocycles. The van der Waals surface area contributed by atoms with Crippen LogP contribution in [0, 0.1) is 0 Å². The molecular formula is C26H29ClN2O5S. The summed E-state index contributed by atoms with van der Waals surface area (Å²) in [7, 11) is -2.45. The number of hydrogen-bond donors (Lipinski definition) is 1. The summed E-state index contributed by atoms with van der Waals surface area (Å²) in [6.07, 6.45) is 1.38. The minimum Gasteiger partial charge on any atom is -0.496 e. The molecule has 0 saturated carbocycles. The van der Waals surface area contributed by atoms with E-state index in [1.54, 1.807) is 31.4 Å². The molecule has 0 atom stereocenters. The van der Waals surface area contributed by atoms with Gasteiger partial charge in [-0.3, -0.25) is 9.10 Å². The monoisotopic (exact) mass is 516 g/mol. The molecule has 0 unspecified atom stereocenters. The van der Waals surface area contributed by atoms with Crippen LogP contribution < -0.4 is 19.1 Å². The largest absolute Gasteiger partial charge is 0.496 e. The van der Waals surface area contributed by atoms with E-state index in [0.29, 0.717) is 36.8 Å². The van der Waals surface area contributed by atoms with E-state index in [-0.39, 0.29) is 10.6 Å². The number of carbonyl (C=O) groups excluding carboxylic acids is 1. The Morgan fingerprint density at radius 3 is 2.31 bits per heavy atom. The number of rotatable bonds is 12. The number of amides is 1. The van der Waals surface area contributed by atoms with Crippen LogP contribution in [-0.2, 0) is 21.2 Å². The minimum absolute atomic E-state index is 0.0252. The van der Waals surface area contributed by atoms with E-state index >= 15 is 0 Å². The molecule has 0 fully saturated rings. The van der Waals surface area contributed by atoms with E-state index in [9.17, 15) is 13.2 Å². The molecule has 0 bridgehead atoms. The van der Waals surface area contributed by atoms with E-state index < -0.39 is 22.5 Å². The van der Waals surface area contributed by atoms with Crippen molar-refractivity contribution in [3.05, 3.63) is 83.4 Å². The summed E-state index contributed by atoms with van der Waals surface area (Å²) >= 11 is 5.94. The Kier molecular flexibility index (Phi) is 9.39. The number of hydrogen-bond acceptors (Lipinski definition) is 5. The zero-order valence-electron chi connectivity index (χ0n) is 19.7. The smallest absolute Gasteiger partial charge is 0.264 e. The van der Waals surface area contributed by atoms with Crippen molar-refractivity contribution in [2.45, 2.75) is 24.7 Å². The number of para-hydroxylation sites is 3. The van der Waals surface area contributed by atoms with Crippen LogP contribution >= 0.6 is 11.6 Å². The van der Waals surface area contributed by atoms with Crippen molar-refractivity contribution >= 4 is 33.2 Å². The lowest BCUT2D eigenvalue weighted by Gasteiger charge is -2.26. The van der Waals surface area contributed by atoms with Gasteiger partial charge in [-0.15, -0.1) is 0 Å². The molecule has 0 aliphatic rings. The molecule has 1 amide bonds. The van der Waals surface area contributed by atoms with Gasteiger partial charge >= 0.3 is 0 Å². The lowest BCUT2D eigenvalue weighted by atomic mass is 10.1. The lowest BCUT2D eigenvalue weighted by molar-refractivity contribution is -0.119. The van der Waals surface area contributed by atoms with E-state index in [4.69, 9.17) is 21.1 Å². The second kappa shape index (κ2) is 12.5. The Morgan fingerprint density at radius 1 is 0.971 bits per heavy atom. The van der Waals surface area contributed by atoms with Crippen molar-refractivity contribution in [1.82, 2.24) is 5.32 Å². The quantitative estimate of drug-likeness (QED) is 0.353. The summed E-state index contributed by atoms with van der Waals surface area (Å²) in [4.78, 5) is 12.9. The Balaban J connectivity index is 1.77. The number of carbonyl (C=O) groups is 1. The molecule has 35 heavy (non-hydrogen) atoms. The van der Waals surface area contributed by atoms with Crippen molar-refractivity contribution in [2.75, 3.05) is 31.1 Å². The predicted octanol–water partition coefficient (Wildman–Crippen LogP) is 4.69. The standard InChI is InChI=1S/C26H29ClN2O5S/c1-3-34-25-13-7-5-11-23(25)29(35(31,32)22-16-14-21(27)15-17-22)19-26(30)28-18-8-10-20-9-4-6-12-24(20)33-2/h4-7,9,11-17H,3,8,10,18-19H2,1-2H3,(H,28,30). The van der Waals surface area contributed by atoms with E-state index in [1.165, 1.54) is 24.3 Å². The summed E-state index contributed by atoms with van der Waals surface area (Å²) in [6.45, 7) is 2.15. The summed E-state index contributed by atoms with van der Waals surface area (Å²) in [6, 6.07) is 20.3. The number of nitrogens with one attached hydrogen (secondary N) is 1. The van der Waals surface area contributed by atoms with Gasteiger partial charge in [0, 0.05) is 11.6 Å². The molecule has 3 rings (SSSR count). The number of aryl methyl sites for hydroxylation is 1. The summed E-state index contributed by atoms with van der Waals surface area (Å²) in [5, 5.41) is 3.24. The summed E-state index contributed by atoms with van der Waals surface area (Å²) in [5.41, 5.74) is 1.33. The van der Waals surface area contributed by atoms with E-state index in [1.807, 2.05) is 31.2 Å². The van der Waals surface area contributed by atoms with Crippen LogP contribution in [0.3, 0.4) is 0 Å². The molecule has 3 aromatic rings. The van der Waals surface area contributed by atoms with Crippen LogP contribution in [0.4, 0.5) is 5.69 Å². The molecule has 7 nitrogen and oxygen atoms in total. The molecular weight excluding hydrogens is 488 g/mol. The second-order valence-electron chi connectivity index (χ2n) is 7.63. The third-order valence-electron chi connectivity index (χ3n) is 5.26. The first-order chi connectivity index (χ1) is 16.9. The highest BCUT2D eigenvalue weighted by Gasteiger charge is 2.29. The van der Waals surface area contributed by atoms with Gasteiger partial charge in [-0.2, -0.15) is 0 Å². The maximum Gasteiger partial charge on any atom is 0.264 e. The normalized spacial score (nSPS) is 11.1. The van der Waals surface area contributed by atoms with Crippen molar-refractivity contribution in [1.29, 1.82) is 0 Å². The highest BCUT2D eigenvalue weighted by molar-refractivity contribution is 7.92. The van der Waals surface area contributed by atoms with Crippen LogP contribution in [-0.4, -0.2) is 41.1 Å². The average Bonchev–Trinajstić information content (AvgIpc) is 2.86. The molecule has 0 aromatic heterocycles. The molecule has 3 aromatic carbocycles. The zero-order chi connectivity index (χ0) is 25.3. The average molecular weight is 517 g/mol. The molecule has 0 heterocycles. The molecule has 9 heteroatoms. The van der Waals surface area contributed by atoms with Crippen LogP contribution in [0.5, 0.6) is 11.5 Å². The van der Waals surface area contributed by atoms with Gasteiger partial charge < -0.3 is 14.8 Å². The van der Waals surface area contributed by atoms with Crippen LogP contribution in [0.1, 0.15) is 18.9 Å². The van der Waals surface area contributed by atoms with Crippen molar-refractivity contribution in [3.8, 4) is 11.5 Å². The number of benzene rings is 3. The fourth-order valence-electron chi connectivity index (χ4n) is 3.58. The van der Waals surface area contributed by atoms with Crippen LogP contribution in [0.25, 0.3) is 0 Å². The number of nitrogens with zero attached hydrogens (tertiary/aromatic N) is 1. The van der Waals surface area contributed by atoms with Crippen molar-refractivity contribution in [2.24, 2.45) is 0 Å². The molecule has 0 radical (unpaired) electrons. The van der Waals surface area contributed by atoms with Gasteiger partial charge in [0.15, 0.2) is 0 Å². The maximum atomic E-state index is 13.6. The Labute approximate surface area is 211 Å². The van der Waals surface area contributed by atoms with Crippen molar-refractivity contribution in [3.63, 3.8) is 0 Å². The Morgan fingerprint density at radius 2 is 1.63 bits per heavy atom. The molecule has 186 valence electrons.